The van der Waals surface area contributed by atoms with Crippen molar-refractivity contribution in [3.8, 4) is 0 Å². The lowest BCUT2D eigenvalue weighted by Crippen LogP contribution is -2.43. The van der Waals surface area contributed by atoms with Crippen LogP contribution in [-0.4, -0.2) is 18.0 Å². The molecule has 0 fully saturated rings. The summed E-state index contributed by atoms with van der Waals surface area (Å²) >= 11 is 3.15. The highest BCUT2D eigenvalue weighted by atomic mass is 79.9. The number of aryl methyl sites for hydroxylation is 3. The number of hydrogen-bond donors (Lipinski definition) is 1. The molecule has 1 aromatic heterocycles. The average Bonchev–Trinajstić information content (AvgIpc) is 2.25. The van der Waals surface area contributed by atoms with Crippen molar-refractivity contribution in [1.82, 2.24) is 4.98 Å². The van der Waals surface area contributed by atoms with Gasteiger partial charge >= 0.3 is 0 Å². The Morgan fingerprint density at radius 1 is 1.24 bits per heavy atom. The van der Waals surface area contributed by atoms with Gasteiger partial charge < -0.3 is 4.55 Å². The molecule has 0 aliphatic heterocycles. The minimum atomic E-state index is -4.33. The third-order valence-corrected chi connectivity index (χ3v) is 4.10. The van der Waals surface area contributed by atoms with Crippen LogP contribution in [0, 0.1) is 20.8 Å². The maximum absolute atomic E-state index is 10.8. The predicted octanol–water partition coefficient (Wildman–Crippen LogP) is 1.36. The smallest absolute Gasteiger partial charge is 0.231 e. The van der Waals surface area contributed by atoms with Gasteiger partial charge in [-0.1, -0.05) is 22.4 Å². The first-order valence-corrected chi connectivity index (χ1v) is 8.13. The third-order valence-electron chi connectivity index (χ3n) is 2.55. The predicted molar refractivity (Wildman–Crippen MR) is 80.9 cm³/mol. The maximum atomic E-state index is 10.8. The van der Waals surface area contributed by atoms with Crippen LogP contribution in [0.25, 0.3) is 0 Å². The van der Waals surface area contributed by atoms with Crippen LogP contribution < -0.4 is 10.5 Å². The standard InChI is InChI=1S/C9H12O3S.C4H5BrN3/c1-6-4-7(2)9(8(3)5-6)13(10,11)12;5-4-3-8(6)2-1-7-4/h4-5H,1-3H3,(H,10,11,12);1-3H,(H2,6,7)/q;+1/p-1. The Labute approximate surface area is 132 Å². The fourth-order valence-electron chi connectivity index (χ4n) is 1.94. The summed E-state index contributed by atoms with van der Waals surface area (Å²) in [6, 6.07) is 3.38. The fourth-order valence-corrected chi connectivity index (χ4v) is 3.20. The highest BCUT2D eigenvalue weighted by Crippen LogP contribution is 2.20. The molecule has 0 radical (unpaired) electrons. The zero-order valence-corrected chi connectivity index (χ0v) is 14.3. The van der Waals surface area contributed by atoms with E-state index in [-0.39, 0.29) is 4.90 Å². The molecule has 0 atom stereocenters. The van der Waals surface area contributed by atoms with Crippen molar-refractivity contribution in [1.29, 1.82) is 0 Å². The van der Waals surface area contributed by atoms with E-state index < -0.39 is 10.1 Å². The molecule has 0 saturated carbocycles. The number of nitrogen functional groups attached to an aromatic ring is 1. The van der Waals surface area contributed by atoms with Gasteiger partial charge in [0.15, 0.2) is 4.60 Å². The van der Waals surface area contributed by atoms with Gasteiger partial charge in [0.2, 0.25) is 12.4 Å². The summed E-state index contributed by atoms with van der Waals surface area (Å²) in [6.45, 7) is 5.12. The number of nitrogens with two attached hydrogens (primary N) is 1. The van der Waals surface area contributed by atoms with Gasteiger partial charge in [0.1, 0.15) is 10.1 Å². The van der Waals surface area contributed by atoms with Crippen LogP contribution in [0.4, 0.5) is 0 Å². The number of halogens is 1. The monoisotopic (exact) mass is 373 g/mol. The van der Waals surface area contributed by atoms with Crippen LogP contribution in [0.5, 0.6) is 0 Å². The van der Waals surface area contributed by atoms with Crippen molar-refractivity contribution in [3.05, 3.63) is 52.0 Å². The van der Waals surface area contributed by atoms with Crippen molar-refractivity contribution < 1.29 is 17.6 Å². The van der Waals surface area contributed by atoms with E-state index in [1.54, 1.807) is 44.6 Å². The first-order valence-electron chi connectivity index (χ1n) is 5.93. The van der Waals surface area contributed by atoms with E-state index in [1.807, 2.05) is 6.92 Å². The zero-order chi connectivity index (χ0) is 16.2. The summed E-state index contributed by atoms with van der Waals surface area (Å²) in [5, 5.41) is 0. The van der Waals surface area contributed by atoms with Gasteiger partial charge in [-0.2, -0.15) is 0 Å². The van der Waals surface area contributed by atoms with Gasteiger partial charge in [-0.15, -0.1) is 0 Å². The van der Waals surface area contributed by atoms with Crippen LogP contribution >= 0.6 is 15.9 Å². The van der Waals surface area contributed by atoms with E-state index in [2.05, 4.69) is 20.9 Å². The third kappa shape index (κ3) is 5.41. The highest BCUT2D eigenvalue weighted by molar-refractivity contribution is 9.10. The van der Waals surface area contributed by atoms with Gasteiger partial charge in [0, 0.05) is 0 Å². The summed E-state index contributed by atoms with van der Waals surface area (Å²) in [6.07, 6.45) is 4.94. The minimum Gasteiger partial charge on any atom is -0.744 e. The molecule has 0 aliphatic rings. The lowest BCUT2D eigenvalue weighted by atomic mass is 10.1. The van der Waals surface area contributed by atoms with Crippen molar-refractivity contribution in [2.75, 3.05) is 5.84 Å². The van der Waals surface area contributed by atoms with Crippen molar-refractivity contribution in [2.24, 2.45) is 0 Å². The second-order valence-corrected chi connectivity index (χ2v) is 6.64. The normalized spacial score (nSPS) is 10.7. The highest BCUT2D eigenvalue weighted by Gasteiger charge is 2.09. The van der Waals surface area contributed by atoms with Crippen molar-refractivity contribution >= 4 is 26.0 Å². The molecule has 0 saturated heterocycles. The first kappa shape index (κ1) is 17.5. The van der Waals surface area contributed by atoms with E-state index in [9.17, 15) is 13.0 Å². The van der Waals surface area contributed by atoms with Crippen LogP contribution in [0.2, 0.25) is 0 Å². The van der Waals surface area contributed by atoms with Gasteiger partial charge in [0.25, 0.3) is 0 Å². The summed E-state index contributed by atoms with van der Waals surface area (Å²) in [7, 11) is -4.33. The van der Waals surface area contributed by atoms with E-state index in [4.69, 9.17) is 5.84 Å². The molecule has 1 aromatic carbocycles. The molecular formula is C13H16BrN3O3S. The second kappa shape index (κ2) is 6.97. The van der Waals surface area contributed by atoms with Crippen LogP contribution in [-0.2, 0) is 10.1 Å². The average molecular weight is 374 g/mol. The second-order valence-electron chi connectivity index (χ2n) is 4.51. The molecule has 0 spiro atoms. The molecule has 2 aromatic rings. The quantitative estimate of drug-likeness (QED) is 0.462. The SMILES string of the molecule is Cc1cc(C)c(S(=O)(=O)[O-])c(C)c1.N[n+]1ccnc(Br)c1. The number of hydrogen-bond acceptors (Lipinski definition) is 5. The van der Waals surface area contributed by atoms with E-state index in [1.165, 1.54) is 4.68 Å². The van der Waals surface area contributed by atoms with Crippen molar-refractivity contribution in [3.63, 3.8) is 0 Å². The number of nitrogens with zero attached hydrogens (tertiary/aromatic N) is 2. The lowest BCUT2D eigenvalue weighted by molar-refractivity contribution is -0.640. The molecule has 8 heteroatoms. The molecule has 0 amide bonds. The number of aromatic nitrogens is 2. The molecule has 21 heavy (non-hydrogen) atoms. The Morgan fingerprint density at radius 3 is 2.10 bits per heavy atom. The van der Waals surface area contributed by atoms with Crippen LogP contribution in [0.1, 0.15) is 16.7 Å². The molecule has 2 rings (SSSR count). The molecule has 6 nitrogen and oxygen atoms in total. The Balaban J connectivity index is 0.000000235. The van der Waals surface area contributed by atoms with Gasteiger partial charge in [-0.3, -0.25) is 0 Å². The Bertz CT molecular complexity index is 708. The molecule has 0 aliphatic carbocycles. The van der Waals surface area contributed by atoms with E-state index in [0.717, 1.165) is 10.2 Å². The summed E-state index contributed by atoms with van der Waals surface area (Å²) < 4.78 is 34.7. The molecular weight excluding hydrogens is 358 g/mol. The lowest BCUT2D eigenvalue weighted by Gasteiger charge is -2.14. The summed E-state index contributed by atoms with van der Waals surface area (Å²) in [5.74, 6) is 5.31. The van der Waals surface area contributed by atoms with Crippen LogP contribution in [0.3, 0.4) is 0 Å². The summed E-state index contributed by atoms with van der Waals surface area (Å²) in [4.78, 5) is 3.77. The topological polar surface area (TPSA) is 100.0 Å². The van der Waals surface area contributed by atoms with Gasteiger partial charge in [-0.25, -0.2) is 19.2 Å². The number of rotatable bonds is 1. The zero-order valence-electron chi connectivity index (χ0n) is 11.9. The number of benzene rings is 1. The molecule has 0 unspecified atom stereocenters. The molecule has 2 N–H and O–H groups in total. The van der Waals surface area contributed by atoms with Crippen molar-refractivity contribution in [2.45, 2.75) is 25.7 Å². The van der Waals surface area contributed by atoms with Gasteiger partial charge in [-0.05, 0) is 47.8 Å². The molecule has 0 bridgehead atoms. The largest absolute Gasteiger partial charge is 0.744 e. The molecule has 114 valence electrons. The maximum Gasteiger partial charge on any atom is 0.231 e. The Hall–Kier alpha value is -1.51. The summed E-state index contributed by atoms with van der Waals surface area (Å²) in [5.41, 5.74) is 2.00. The fraction of sp³-hybridized carbons (Fsp3) is 0.231. The minimum absolute atomic E-state index is 0.0851. The van der Waals surface area contributed by atoms with E-state index >= 15 is 0 Å². The van der Waals surface area contributed by atoms with Gasteiger partial charge in [0.05, 0.1) is 11.1 Å². The van der Waals surface area contributed by atoms with Crippen LogP contribution in [0.15, 0.2) is 40.2 Å². The first-order chi connectivity index (χ1) is 9.61. The Kier molecular flexibility index (Phi) is 5.82. The Morgan fingerprint density at radius 2 is 1.76 bits per heavy atom. The molecule has 1 heterocycles. The van der Waals surface area contributed by atoms with E-state index in [0.29, 0.717) is 11.1 Å².